The number of aromatic nitrogens is 2. The van der Waals surface area contributed by atoms with Crippen molar-refractivity contribution in [1.82, 2.24) is 9.55 Å². The Labute approximate surface area is 270 Å². The second kappa shape index (κ2) is 18.0. The Morgan fingerprint density at radius 3 is 2.46 bits per heavy atom. The van der Waals surface area contributed by atoms with E-state index < -0.39 is 23.3 Å². The molecule has 0 saturated carbocycles. The number of unbranched alkanes of at least 4 members (excludes halogenated alkanes) is 1. The highest BCUT2D eigenvalue weighted by molar-refractivity contribution is 7.84. The van der Waals surface area contributed by atoms with E-state index in [1.54, 1.807) is 48.9 Å². The summed E-state index contributed by atoms with van der Waals surface area (Å²) in [6.45, 7) is 3.63. The first-order chi connectivity index (χ1) is 22.4. The molecule has 1 unspecified atom stereocenters. The molecule has 8 nitrogen and oxygen atoms in total. The lowest BCUT2D eigenvalue weighted by Gasteiger charge is -2.11. The van der Waals surface area contributed by atoms with Gasteiger partial charge in [-0.1, -0.05) is 38.5 Å². The number of ether oxygens (including phenoxy) is 3. The summed E-state index contributed by atoms with van der Waals surface area (Å²) >= 11 is 0. The summed E-state index contributed by atoms with van der Waals surface area (Å²) in [5.41, 5.74) is 3.29. The van der Waals surface area contributed by atoms with E-state index in [0.29, 0.717) is 47.5 Å². The van der Waals surface area contributed by atoms with E-state index in [1.807, 2.05) is 28.8 Å². The summed E-state index contributed by atoms with van der Waals surface area (Å²) in [5.74, 6) is 0.503. The maximum absolute atomic E-state index is 13.1. The molecular formula is C35H39F2N3O5S. The molecule has 0 spiro atoms. The number of rotatable bonds is 18. The normalized spacial score (nSPS) is 12.0. The zero-order chi connectivity index (χ0) is 32.7. The van der Waals surface area contributed by atoms with E-state index in [4.69, 9.17) is 14.2 Å². The minimum absolute atomic E-state index is 0.0575. The predicted octanol–water partition coefficient (Wildman–Crippen LogP) is 7.72. The number of hydrogen-bond acceptors (Lipinski definition) is 6. The molecule has 4 aromatic rings. The molecule has 0 aliphatic heterocycles. The fourth-order valence-corrected chi connectivity index (χ4v) is 5.66. The van der Waals surface area contributed by atoms with Gasteiger partial charge in [0, 0.05) is 41.6 Å². The molecule has 3 aromatic carbocycles. The van der Waals surface area contributed by atoms with Crippen LogP contribution in [0, 0.1) is 0 Å². The maximum atomic E-state index is 13.1. The zero-order valence-corrected chi connectivity index (χ0v) is 26.8. The molecule has 1 amide bonds. The first-order valence-corrected chi connectivity index (χ1v) is 16.5. The third-order valence-corrected chi connectivity index (χ3v) is 8.25. The molecule has 1 heterocycles. The van der Waals surface area contributed by atoms with Gasteiger partial charge >= 0.3 is 6.61 Å². The van der Waals surface area contributed by atoms with Crippen molar-refractivity contribution in [3.05, 3.63) is 96.6 Å². The van der Waals surface area contributed by atoms with Crippen molar-refractivity contribution < 1.29 is 32.0 Å². The van der Waals surface area contributed by atoms with E-state index in [9.17, 15) is 17.8 Å². The van der Waals surface area contributed by atoms with Crippen LogP contribution in [-0.4, -0.2) is 46.1 Å². The molecule has 4 rings (SSSR count). The lowest BCUT2D eigenvalue weighted by atomic mass is 10.0. The van der Waals surface area contributed by atoms with Crippen LogP contribution in [0.25, 0.3) is 17.2 Å². The van der Waals surface area contributed by atoms with Crippen LogP contribution in [0.1, 0.15) is 44.4 Å². The average Bonchev–Trinajstić information content (AvgIpc) is 3.49. The van der Waals surface area contributed by atoms with Gasteiger partial charge in [0.2, 0.25) is 5.91 Å². The number of hydrogen-bond donors (Lipinski definition) is 1. The van der Waals surface area contributed by atoms with Gasteiger partial charge in [0.25, 0.3) is 0 Å². The number of aryl methyl sites for hydroxylation is 1. The Kier molecular flexibility index (Phi) is 13.5. The third-order valence-electron chi connectivity index (χ3n) is 6.89. The van der Waals surface area contributed by atoms with Crippen LogP contribution >= 0.6 is 0 Å². The first-order valence-electron chi connectivity index (χ1n) is 15.2. The molecule has 1 atom stereocenters. The molecule has 1 aromatic heterocycles. The van der Waals surface area contributed by atoms with Crippen LogP contribution < -0.4 is 14.8 Å². The number of anilines is 1. The van der Waals surface area contributed by atoms with Crippen LogP contribution in [0.15, 0.2) is 90.2 Å². The minimum Gasteiger partial charge on any atom is -0.491 e. The third kappa shape index (κ3) is 10.6. The van der Waals surface area contributed by atoms with Crippen molar-refractivity contribution in [3.63, 3.8) is 0 Å². The van der Waals surface area contributed by atoms with Gasteiger partial charge in [-0.05, 0) is 78.6 Å². The highest BCUT2D eigenvalue weighted by Gasteiger charge is 2.12. The number of amides is 1. The predicted molar refractivity (Wildman–Crippen MR) is 176 cm³/mol. The van der Waals surface area contributed by atoms with Crippen molar-refractivity contribution in [2.45, 2.75) is 56.9 Å². The lowest BCUT2D eigenvalue weighted by molar-refractivity contribution is -0.111. The maximum Gasteiger partial charge on any atom is 0.387 e. The minimum atomic E-state index is -3.02. The molecule has 0 radical (unpaired) electrons. The number of alkyl halides is 2. The van der Waals surface area contributed by atoms with Gasteiger partial charge in [-0.25, -0.2) is 4.98 Å². The molecular weight excluding hydrogens is 612 g/mol. The zero-order valence-electron chi connectivity index (χ0n) is 26.0. The van der Waals surface area contributed by atoms with Gasteiger partial charge in [-0.2, -0.15) is 8.78 Å². The van der Waals surface area contributed by atoms with Gasteiger partial charge in [-0.3, -0.25) is 9.00 Å². The Morgan fingerprint density at radius 2 is 1.74 bits per heavy atom. The highest BCUT2D eigenvalue weighted by atomic mass is 32.2. The molecule has 0 aliphatic rings. The Hall–Kier alpha value is -4.35. The molecule has 46 heavy (non-hydrogen) atoms. The molecule has 0 aliphatic carbocycles. The number of carbonyl (C=O) groups excluding carboxylic acids is 1. The molecule has 1 N–H and O–H groups in total. The number of benzene rings is 3. The average molecular weight is 652 g/mol. The lowest BCUT2D eigenvalue weighted by Crippen LogP contribution is -2.08. The van der Waals surface area contributed by atoms with Crippen molar-refractivity contribution >= 4 is 28.5 Å². The van der Waals surface area contributed by atoms with Crippen LogP contribution in [0.2, 0.25) is 0 Å². The van der Waals surface area contributed by atoms with E-state index in [1.165, 1.54) is 18.2 Å². The Bertz CT molecular complexity index is 1590. The fraction of sp³-hybridized carbons (Fsp3) is 0.314. The summed E-state index contributed by atoms with van der Waals surface area (Å²) in [6, 6.07) is 18.9. The van der Waals surface area contributed by atoms with E-state index >= 15 is 0 Å². The summed E-state index contributed by atoms with van der Waals surface area (Å²) in [7, 11) is -1.28. The van der Waals surface area contributed by atoms with Crippen molar-refractivity contribution in [1.29, 1.82) is 0 Å². The van der Waals surface area contributed by atoms with Crippen molar-refractivity contribution in [3.8, 4) is 22.6 Å². The highest BCUT2D eigenvalue weighted by Crippen LogP contribution is 2.30. The van der Waals surface area contributed by atoms with Crippen molar-refractivity contribution in [2.75, 3.05) is 25.1 Å². The van der Waals surface area contributed by atoms with Crippen LogP contribution in [-0.2, 0) is 32.6 Å². The van der Waals surface area contributed by atoms with Gasteiger partial charge in [0.1, 0.15) is 18.1 Å². The molecule has 0 bridgehead atoms. The Balaban J connectivity index is 1.38. The number of imidazole rings is 1. The smallest absolute Gasteiger partial charge is 0.387 e. The van der Waals surface area contributed by atoms with Gasteiger partial charge in [0.15, 0.2) is 0 Å². The summed E-state index contributed by atoms with van der Waals surface area (Å²) in [5, 5.41) is 2.74. The van der Waals surface area contributed by atoms with Crippen LogP contribution in [0.4, 0.5) is 14.5 Å². The SMILES string of the molecule is CCCCOCCOc1ccc(-c2ccc(OC(F)F)c(/C=C/C(=O)Nc3ccc(S(=O)Cc4cncn4CCC)cc3)c2)cc1. The summed E-state index contributed by atoms with van der Waals surface area (Å²) < 4.78 is 57.1. The molecule has 11 heteroatoms. The molecule has 0 fully saturated rings. The second-order valence-corrected chi connectivity index (χ2v) is 11.8. The van der Waals surface area contributed by atoms with Gasteiger partial charge < -0.3 is 24.1 Å². The second-order valence-electron chi connectivity index (χ2n) is 10.4. The fourth-order valence-electron chi connectivity index (χ4n) is 4.54. The number of nitrogens with one attached hydrogen (secondary N) is 1. The van der Waals surface area contributed by atoms with Crippen molar-refractivity contribution in [2.24, 2.45) is 0 Å². The summed E-state index contributed by atoms with van der Waals surface area (Å²) in [6.07, 6.45) is 9.18. The first kappa shape index (κ1) is 34.5. The number of carbonyl (C=O) groups is 1. The molecule has 244 valence electrons. The Morgan fingerprint density at radius 1 is 0.978 bits per heavy atom. The van der Waals surface area contributed by atoms with E-state index in [0.717, 1.165) is 42.6 Å². The number of nitrogens with zero attached hydrogens (tertiary/aromatic N) is 2. The number of halogens is 2. The quantitative estimate of drug-likeness (QED) is 0.0875. The molecule has 0 saturated heterocycles. The topological polar surface area (TPSA) is 91.7 Å². The monoisotopic (exact) mass is 651 g/mol. The van der Waals surface area contributed by atoms with Gasteiger partial charge in [0.05, 0.1) is 35.2 Å². The van der Waals surface area contributed by atoms with Crippen LogP contribution in [0.5, 0.6) is 11.5 Å². The largest absolute Gasteiger partial charge is 0.491 e. The van der Waals surface area contributed by atoms with Crippen LogP contribution in [0.3, 0.4) is 0 Å². The van der Waals surface area contributed by atoms with Gasteiger partial charge in [-0.15, -0.1) is 0 Å². The summed E-state index contributed by atoms with van der Waals surface area (Å²) in [4.78, 5) is 17.5. The standard InChI is InChI=1S/C35H39F2N3O5S/c1-3-5-19-43-20-21-44-31-12-6-26(7-13-31)27-8-16-33(45-35(36)37)28(22-27)9-17-34(41)39-29-10-14-32(15-11-29)46(42)24-30-23-38-25-40(30)18-4-2/h6-17,22-23,25,35H,3-5,18-21,24H2,1-2H3,(H,39,41)/b17-9+. The van der Waals surface area contributed by atoms with E-state index in [-0.39, 0.29) is 5.75 Å². The van der Waals surface area contributed by atoms with E-state index in [2.05, 4.69) is 24.1 Å².